The summed E-state index contributed by atoms with van der Waals surface area (Å²) in [4.78, 5) is 2.41. The van der Waals surface area contributed by atoms with E-state index in [4.69, 9.17) is 0 Å². The summed E-state index contributed by atoms with van der Waals surface area (Å²) >= 11 is 0. The van der Waals surface area contributed by atoms with Gasteiger partial charge in [0.25, 0.3) is 0 Å². The third-order valence-corrected chi connectivity index (χ3v) is 5.49. The number of rotatable bonds is 3. The molecule has 5 rings (SSSR count). The molecule has 3 aromatic rings. The predicted molar refractivity (Wildman–Crippen MR) is 104 cm³/mol. The number of hydrogen-bond acceptors (Lipinski definition) is 3. The summed E-state index contributed by atoms with van der Waals surface area (Å²) in [6.45, 7) is 4.77. The highest BCUT2D eigenvalue weighted by atomic mass is 19.1. The molecule has 27 heavy (non-hydrogen) atoms. The SMILES string of the molecule is CC1=Cc2cccc(N3CCn4c(Cc5ccc(F)cc5)nnc4C3)c2C1. The van der Waals surface area contributed by atoms with Crippen LogP contribution in [-0.2, 0) is 25.9 Å². The van der Waals surface area contributed by atoms with E-state index in [0.29, 0.717) is 6.42 Å². The van der Waals surface area contributed by atoms with Gasteiger partial charge in [-0.2, -0.15) is 0 Å². The first-order chi connectivity index (χ1) is 13.2. The van der Waals surface area contributed by atoms with Gasteiger partial charge in [0.2, 0.25) is 0 Å². The largest absolute Gasteiger partial charge is 0.362 e. The minimum Gasteiger partial charge on any atom is -0.362 e. The van der Waals surface area contributed by atoms with E-state index in [1.54, 1.807) is 0 Å². The summed E-state index contributed by atoms with van der Waals surface area (Å²) in [6.07, 6.45) is 3.99. The van der Waals surface area contributed by atoms with Crippen molar-refractivity contribution < 1.29 is 4.39 Å². The molecule has 5 heteroatoms. The van der Waals surface area contributed by atoms with Gasteiger partial charge in [0.05, 0.1) is 6.54 Å². The van der Waals surface area contributed by atoms with Crippen molar-refractivity contribution in [2.45, 2.75) is 32.9 Å². The van der Waals surface area contributed by atoms with Gasteiger partial charge >= 0.3 is 0 Å². The van der Waals surface area contributed by atoms with E-state index in [-0.39, 0.29) is 5.82 Å². The van der Waals surface area contributed by atoms with Crippen LogP contribution >= 0.6 is 0 Å². The number of hydrogen-bond donors (Lipinski definition) is 0. The van der Waals surface area contributed by atoms with Crippen LogP contribution in [0.15, 0.2) is 48.0 Å². The molecule has 0 saturated heterocycles. The zero-order chi connectivity index (χ0) is 18.4. The molecule has 1 aliphatic carbocycles. The van der Waals surface area contributed by atoms with Crippen molar-refractivity contribution in [1.29, 1.82) is 0 Å². The molecule has 0 fully saturated rings. The van der Waals surface area contributed by atoms with E-state index in [0.717, 1.165) is 43.3 Å². The molecule has 0 N–H and O–H groups in total. The summed E-state index contributed by atoms with van der Waals surface area (Å²) in [5.74, 6) is 1.74. The van der Waals surface area contributed by atoms with E-state index in [2.05, 4.69) is 50.9 Å². The van der Waals surface area contributed by atoms with Crippen molar-refractivity contribution in [1.82, 2.24) is 14.8 Å². The Labute approximate surface area is 158 Å². The van der Waals surface area contributed by atoms with Crippen LogP contribution in [0.5, 0.6) is 0 Å². The van der Waals surface area contributed by atoms with Crippen LogP contribution in [0.4, 0.5) is 10.1 Å². The number of anilines is 1. The van der Waals surface area contributed by atoms with Crippen LogP contribution < -0.4 is 4.90 Å². The van der Waals surface area contributed by atoms with Crippen LogP contribution in [0.2, 0.25) is 0 Å². The van der Waals surface area contributed by atoms with Crippen molar-refractivity contribution in [3.05, 3.63) is 82.2 Å². The first-order valence-electron chi connectivity index (χ1n) is 9.37. The van der Waals surface area contributed by atoms with Crippen LogP contribution in [0.3, 0.4) is 0 Å². The van der Waals surface area contributed by atoms with E-state index < -0.39 is 0 Å². The lowest BCUT2D eigenvalue weighted by Gasteiger charge is -2.31. The third-order valence-electron chi connectivity index (χ3n) is 5.49. The molecule has 1 aromatic heterocycles. The lowest BCUT2D eigenvalue weighted by Crippen LogP contribution is -2.35. The van der Waals surface area contributed by atoms with Crippen LogP contribution in [0.25, 0.3) is 6.08 Å². The fourth-order valence-electron chi connectivity index (χ4n) is 4.15. The topological polar surface area (TPSA) is 34.0 Å². The number of aromatic nitrogens is 3. The monoisotopic (exact) mass is 360 g/mol. The molecule has 4 nitrogen and oxygen atoms in total. The van der Waals surface area contributed by atoms with Crippen molar-refractivity contribution >= 4 is 11.8 Å². The lowest BCUT2D eigenvalue weighted by atomic mass is 10.1. The lowest BCUT2D eigenvalue weighted by molar-refractivity contribution is 0.545. The van der Waals surface area contributed by atoms with Gasteiger partial charge in [-0.15, -0.1) is 10.2 Å². The molecular weight excluding hydrogens is 339 g/mol. The Morgan fingerprint density at radius 1 is 1.04 bits per heavy atom. The zero-order valence-electron chi connectivity index (χ0n) is 15.3. The predicted octanol–water partition coefficient (Wildman–Crippen LogP) is 3.99. The molecule has 0 atom stereocenters. The van der Waals surface area contributed by atoms with E-state index in [1.165, 1.54) is 34.5 Å². The maximum Gasteiger partial charge on any atom is 0.152 e. The maximum atomic E-state index is 13.1. The minimum atomic E-state index is -0.210. The highest BCUT2D eigenvalue weighted by Gasteiger charge is 2.24. The molecule has 0 unspecified atom stereocenters. The minimum absolute atomic E-state index is 0.210. The number of benzene rings is 2. The quantitative estimate of drug-likeness (QED) is 0.708. The van der Waals surface area contributed by atoms with Crippen molar-refractivity contribution in [2.24, 2.45) is 0 Å². The Hall–Kier alpha value is -2.95. The number of fused-ring (bicyclic) bond motifs is 2. The number of allylic oxidation sites excluding steroid dienone is 1. The normalized spacial score (nSPS) is 15.5. The van der Waals surface area contributed by atoms with Gasteiger partial charge < -0.3 is 9.47 Å². The average Bonchev–Trinajstić information content (AvgIpc) is 3.25. The molecule has 1 aliphatic heterocycles. The third kappa shape index (κ3) is 2.93. The first-order valence-corrected chi connectivity index (χ1v) is 9.37. The molecule has 2 heterocycles. The fraction of sp³-hybridized carbons (Fsp3) is 0.273. The Balaban J connectivity index is 1.38. The molecule has 0 amide bonds. The second-order valence-electron chi connectivity index (χ2n) is 7.42. The summed E-state index contributed by atoms with van der Waals surface area (Å²) in [7, 11) is 0. The molecule has 0 saturated carbocycles. The van der Waals surface area contributed by atoms with Gasteiger partial charge in [-0.1, -0.05) is 35.9 Å². The highest BCUT2D eigenvalue weighted by molar-refractivity contribution is 5.72. The standard InChI is InChI=1S/C22H21FN4/c1-15-11-17-3-2-4-20(19(17)12-15)26-9-10-27-21(24-25-22(27)14-26)13-16-5-7-18(23)8-6-16/h2-8,11H,9-10,12-14H2,1H3. The van der Waals surface area contributed by atoms with Gasteiger partial charge in [-0.05, 0) is 48.2 Å². The Kier molecular flexibility index (Phi) is 3.81. The smallest absolute Gasteiger partial charge is 0.152 e. The Bertz CT molecular complexity index is 1030. The molecule has 136 valence electrons. The van der Waals surface area contributed by atoms with Crippen LogP contribution in [0, 0.1) is 5.82 Å². The van der Waals surface area contributed by atoms with Gasteiger partial charge in [0.1, 0.15) is 11.6 Å². The van der Waals surface area contributed by atoms with E-state index in [1.807, 2.05) is 12.1 Å². The molecule has 0 bridgehead atoms. The summed E-state index contributed by atoms with van der Waals surface area (Å²) in [6, 6.07) is 13.2. The van der Waals surface area contributed by atoms with Crippen LogP contribution in [-0.4, -0.2) is 21.3 Å². The zero-order valence-corrected chi connectivity index (χ0v) is 15.3. The Morgan fingerprint density at radius 2 is 1.89 bits per heavy atom. The van der Waals surface area contributed by atoms with Gasteiger partial charge in [-0.3, -0.25) is 0 Å². The van der Waals surface area contributed by atoms with Gasteiger partial charge in [0.15, 0.2) is 5.82 Å². The average molecular weight is 360 g/mol. The molecule has 2 aromatic carbocycles. The molecule has 2 aliphatic rings. The second-order valence-corrected chi connectivity index (χ2v) is 7.42. The molecular formula is C22H21FN4. The second kappa shape index (κ2) is 6.34. The summed E-state index contributed by atoms with van der Waals surface area (Å²) in [5, 5.41) is 8.85. The summed E-state index contributed by atoms with van der Waals surface area (Å²) < 4.78 is 15.3. The van der Waals surface area contributed by atoms with E-state index in [9.17, 15) is 4.39 Å². The fourth-order valence-corrected chi connectivity index (χ4v) is 4.15. The van der Waals surface area contributed by atoms with Gasteiger partial charge in [0, 0.05) is 25.2 Å². The first kappa shape index (κ1) is 16.2. The molecule has 0 spiro atoms. The maximum absolute atomic E-state index is 13.1. The van der Waals surface area contributed by atoms with Crippen molar-refractivity contribution in [2.75, 3.05) is 11.4 Å². The van der Waals surface area contributed by atoms with E-state index >= 15 is 0 Å². The Morgan fingerprint density at radius 3 is 2.74 bits per heavy atom. The summed E-state index contributed by atoms with van der Waals surface area (Å²) in [5.41, 5.74) is 6.55. The number of halogens is 1. The molecule has 0 radical (unpaired) electrons. The van der Waals surface area contributed by atoms with Crippen molar-refractivity contribution in [3.63, 3.8) is 0 Å². The van der Waals surface area contributed by atoms with Crippen molar-refractivity contribution in [3.8, 4) is 0 Å². The highest BCUT2D eigenvalue weighted by Crippen LogP contribution is 2.34. The van der Waals surface area contributed by atoms with Gasteiger partial charge in [-0.25, -0.2) is 4.39 Å². The number of nitrogens with zero attached hydrogens (tertiary/aromatic N) is 4. The van der Waals surface area contributed by atoms with Crippen LogP contribution in [0.1, 0.15) is 35.3 Å².